The molecule has 0 radical (unpaired) electrons. The minimum atomic E-state index is -1.02. The van der Waals surface area contributed by atoms with Gasteiger partial charge in [-0.3, -0.25) is 9.59 Å². The molecule has 0 heterocycles. The van der Waals surface area contributed by atoms with Gasteiger partial charge in [0, 0.05) is 12.8 Å². The van der Waals surface area contributed by atoms with Crippen LogP contribution in [-0.2, 0) is 19.1 Å². The molecule has 1 atom stereocenters. The Bertz CT molecular complexity index is 362. The molecule has 0 saturated heterocycles. The van der Waals surface area contributed by atoms with Gasteiger partial charge in [0.1, 0.15) is 5.60 Å². The SMILES string of the molecule is CCC(CC(C)(C)OCCO)OC(C)(C)C(=O)CCC(=O)O. The molecule has 1 unspecified atom stereocenters. The first-order valence-corrected chi connectivity index (χ1v) is 7.71. The topological polar surface area (TPSA) is 93.1 Å². The lowest BCUT2D eigenvalue weighted by molar-refractivity contribution is -0.156. The first-order chi connectivity index (χ1) is 10.0. The molecule has 0 aromatic carbocycles. The Balaban J connectivity index is 4.62. The van der Waals surface area contributed by atoms with Crippen molar-refractivity contribution >= 4 is 11.8 Å². The highest BCUT2D eigenvalue weighted by Gasteiger charge is 2.33. The summed E-state index contributed by atoms with van der Waals surface area (Å²) in [5.74, 6) is -1.21. The molecular weight excluding hydrogens is 288 g/mol. The maximum Gasteiger partial charge on any atom is 0.303 e. The predicted octanol–water partition coefficient (Wildman–Crippen LogP) is 2.17. The fourth-order valence-electron chi connectivity index (χ4n) is 2.20. The van der Waals surface area contributed by atoms with Crippen LogP contribution in [0.25, 0.3) is 0 Å². The van der Waals surface area contributed by atoms with Crippen LogP contribution in [0.1, 0.15) is 60.3 Å². The average molecular weight is 318 g/mol. The third kappa shape index (κ3) is 8.46. The van der Waals surface area contributed by atoms with Crippen molar-refractivity contribution in [3.8, 4) is 0 Å². The summed E-state index contributed by atoms with van der Waals surface area (Å²) in [7, 11) is 0. The number of carbonyl (C=O) groups excluding carboxylic acids is 1. The number of aliphatic carboxylic acids is 1. The summed E-state index contributed by atoms with van der Waals surface area (Å²) < 4.78 is 11.5. The Kier molecular flexibility index (Phi) is 8.81. The number of carbonyl (C=O) groups is 2. The molecule has 0 aliphatic heterocycles. The summed E-state index contributed by atoms with van der Waals surface area (Å²) >= 11 is 0. The zero-order valence-corrected chi connectivity index (χ0v) is 14.3. The van der Waals surface area contributed by atoms with Gasteiger partial charge in [0.25, 0.3) is 0 Å². The smallest absolute Gasteiger partial charge is 0.303 e. The van der Waals surface area contributed by atoms with Crippen LogP contribution in [0.4, 0.5) is 0 Å². The number of carboxylic acids is 1. The molecule has 0 rings (SSSR count). The summed E-state index contributed by atoms with van der Waals surface area (Å²) in [4.78, 5) is 22.7. The Morgan fingerprint density at radius 1 is 1.14 bits per heavy atom. The predicted molar refractivity (Wildman–Crippen MR) is 82.9 cm³/mol. The van der Waals surface area contributed by atoms with Crippen molar-refractivity contribution in [2.45, 2.75) is 77.6 Å². The fourth-order valence-corrected chi connectivity index (χ4v) is 2.20. The number of ether oxygens (including phenoxy) is 2. The number of hydrogen-bond donors (Lipinski definition) is 2. The molecule has 0 saturated carbocycles. The van der Waals surface area contributed by atoms with Crippen LogP contribution in [-0.4, -0.2) is 52.5 Å². The fraction of sp³-hybridized carbons (Fsp3) is 0.875. The monoisotopic (exact) mass is 318 g/mol. The molecular formula is C16H30O6. The van der Waals surface area contributed by atoms with E-state index in [1.54, 1.807) is 13.8 Å². The van der Waals surface area contributed by atoms with Crippen molar-refractivity contribution in [2.75, 3.05) is 13.2 Å². The number of aliphatic hydroxyl groups is 1. The van der Waals surface area contributed by atoms with Crippen molar-refractivity contribution in [1.82, 2.24) is 0 Å². The minimum absolute atomic E-state index is 0.0385. The third-order valence-electron chi connectivity index (χ3n) is 3.46. The summed E-state index contributed by atoms with van der Waals surface area (Å²) in [6.45, 7) is 9.33. The third-order valence-corrected chi connectivity index (χ3v) is 3.46. The average Bonchev–Trinajstić information content (AvgIpc) is 2.41. The molecule has 0 aliphatic rings. The molecule has 0 amide bonds. The van der Waals surface area contributed by atoms with Crippen LogP contribution in [0.3, 0.4) is 0 Å². The van der Waals surface area contributed by atoms with Gasteiger partial charge in [-0.15, -0.1) is 0 Å². The highest BCUT2D eigenvalue weighted by Crippen LogP contribution is 2.25. The Labute approximate surface area is 132 Å². The van der Waals surface area contributed by atoms with Crippen molar-refractivity contribution in [1.29, 1.82) is 0 Å². The molecule has 130 valence electrons. The maximum atomic E-state index is 12.1. The lowest BCUT2D eigenvalue weighted by Gasteiger charge is -2.34. The lowest BCUT2D eigenvalue weighted by Crippen LogP contribution is -2.41. The molecule has 0 spiro atoms. The van der Waals surface area contributed by atoms with E-state index in [0.717, 1.165) is 0 Å². The van der Waals surface area contributed by atoms with Crippen molar-refractivity contribution in [3.63, 3.8) is 0 Å². The van der Waals surface area contributed by atoms with Gasteiger partial charge in [-0.2, -0.15) is 0 Å². The van der Waals surface area contributed by atoms with E-state index in [2.05, 4.69) is 0 Å². The Morgan fingerprint density at radius 2 is 1.73 bits per heavy atom. The highest BCUT2D eigenvalue weighted by atomic mass is 16.5. The molecule has 0 bridgehead atoms. The van der Waals surface area contributed by atoms with E-state index in [9.17, 15) is 9.59 Å². The highest BCUT2D eigenvalue weighted by molar-refractivity contribution is 5.88. The van der Waals surface area contributed by atoms with Gasteiger partial charge in [0.05, 0.1) is 31.3 Å². The zero-order valence-electron chi connectivity index (χ0n) is 14.3. The number of hydrogen-bond acceptors (Lipinski definition) is 5. The van der Waals surface area contributed by atoms with Crippen LogP contribution in [0, 0.1) is 0 Å². The molecule has 0 aliphatic carbocycles. The van der Waals surface area contributed by atoms with Crippen molar-refractivity contribution in [3.05, 3.63) is 0 Å². The number of aliphatic hydroxyl groups excluding tert-OH is 1. The zero-order chi connectivity index (χ0) is 17.4. The molecule has 0 fully saturated rings. The number of ketones is 1. The maximum absolute atomic E-state index is 12.1. The van der Waals surface area contributed by atoms with Crippen LogP contribution in [0.15, 0.2) is 0 Å². The summed E-state index contributed by atoms with van der Waals surface area (Å²) in [6, 6.07) is 0. The normalized spacial score (nSPS) is 13.9. The van der Waals surface area contributed by atoms with Gasteiger partial charge >= 0.3 is 5.97 Å². The minimum Gasteiger partial charge on any atom is -0.481 e. The van der Waals surface area contributed by atoms with E-state index in [4.69, 9.17) is 19.7 Å². The molecule has 0 aromatic heterocycles. The van der Waals surface area contributed by atoms with Crippen molar-refractivity contribution in [2.24, 2.45) is 0 Å². The van der Waals surface area contributed by atoms with Crippen LogP contribution in [0.5, 0.6) is 0 Å². The molecule has 22 heavy (non-hydrogen) atoms. The van der Waals surface area contributed by atoms with E-state index >= 15 is 0 Å². The van der Waals surface area contributed by atoms with E-state index < -0.39 is 17.2 Å². The standard InChI is InChI=1S/C16H30O6/c1-6-12(11-15(2,3)21-10-9-17)22-16(4,5)13(18)7-8-14(19)20/h12,17H,6-11H2,1-5H3,(H,19,20). The second kappa shape index (κ2) is 9.22. The molecule has 2 N–H and O–H groups in total. The number of rotatable bonds is 12. The number of carboxylic acid groups (broad SMARTS) is 1. The van der Waals surface area contributed by atoms with E-state index in [0.29, 0.717) is 12.8 Å². The largest absolute Gasteiger partial charge is 0.481 e. The van der Waals surface area contributed by atoms with Gasteiger partial charge in [-0.25, -0.2) is 0 Å². The first kappa shape index (κ1) is 21.0. The van der Waals surface area contributed by atoms with Crippen molar-refractivity contribution < 1.29 is 29.3 Å². The second-order valence-corrected chi connectivity index (χ2v) is 6.51. The lowest BCUT2D eigenvalue weighted by atomic mass is 9.95. The van der Waals surface area contributed by atoms with Gasteiger partial charge in [-0.05, 0) is 34.1 Å². The van der Waals surface area contributed by atoms with Crippen LogP contribution in [0.2, 0.25) is 0 Å². The Morgan fingerprint density at radius 3 is 2.18 bits per heavy atom. The van der Waals surface area contributed by atoms with Gasteiger partial charge in [0.2, 0.25) is 0 Å². The van der Waals surface area contributed by atoms with Gasteiger partial charge in [-0.1, -0.05) is 6.92 Å². The summed E-state index contributed by atoms with van der Waals surface area (Å²) in [5.41, 5.74) is -1.49. The molecule has 6 nitrogen and oxygen atoms in total. The first-order valence-electron chi connectivity index (χ1n) is 7.71. The van der Waals surface area contributed by atoms with E-state index in [1.165, 1.54) is 0 Å². The molecule has 0 aromatic rings. The summed E-state index contributed by atoms with van der Waals surface area (Å²) in [5, 5.41) is 17.5. The van der Waals surface area contributed by atoms with Crippen LogP contribution < -0.4 is 0 Å². The summed E-state index contributed by atoms with van der Waals surface area (Å²) in [6.07, 6.45) is 0.884. The second-order valence-electron chi connectivity index (χ2n) is 6.51. The van der Waals surface area contributed by atoms with E-state index in [1.807, 2.05) is 20.8 Å². The number of Topliss-reactive ketones (excluding diaryl/α,β-unsaturated/α-hetero) is 1. The van der Waals surface area contributed by atoms with Crippen LogP contribution >= 0.6 is 0 Å². The van der Waals surface area contributed by atoms with Gasteiger partial charge in [0.15, 0.2) is 5.78 Å². The van der Waals surface area contributed by atoms with Gasteiger partial charge < -0.3 is 19.7 Å². The quantitative estimate of drug-likeness (QED) is 0.573. The molecule has 6 heteroatoms. The van der Waals surface area contributed by atoms with E-state index in [-0.39, 0.29) is 37.9 Å². The Hall–Kier alpha value is -0.980.